The second-order valence-electron chi connectivity index (χ2n) is 6.41. The summed E-state index contributed by atoms with van der Waals surface area (Å²) in [7, 11) is 0. The number of nitrogens with zero attached hydrogens (tertiary/aromatic N) is 3. The van der Waals surface area contributed by atoms with Crippen LogP contribution in [-0.4, -0.2) is 45.0 Å². The Balaban J connectivity index is 1.61. The summed E-state index contributed by atoms with van der Waals surface area (Å²) in [6, 6.07) is 3.20. The van der Waals surface area contributed by atoms with Crippen molar-refractivity contribution in [1.82, 2.24) is 19.9 Å². The molecule has 0 bridgehead atoms. The van der Waals surface area contributed by atoms with Crippen molar-refractivity contribution in [1.29, 1.82) is 0 Å². The van der Waals surface area contributed by atoms with E-state index in [0.717, 1.165) is 23.1 Å². The van der Waals surface area contributed by atoms with Crippen molar-refractivity contribution < 1.29 is 22.4 Å². The molecule has 0 spiro atoms. The molecule has 0 atom stereocenters. The number of fused-ring (bicyclic) bond motifs is 1. The molecule has 0 radical (unpaired) electrons. The second kappa shape index (κ2) is 6.15. The summed E-state index contributed by atoms with van der Waals surface area (Å²) in [4.78, 5) is 24.6. The SMILES string of the molecule is O=C(c1cc(-c2ncnc3[nH]ccc23)co1)N(CC1CC1)CC(F)(F)F. The standard InChI is InChI=1S/C17H15F3N4O2/c18-17(19,20)8-24(6-10-1-2-10)16(25)13-5-11(7-26-13)14-12-3-4-21-15(12)23-9-22-14/h3-5,7,9-10H,1-2,6,8H2,(H,21,22,23). The highest BCUT2D eigenvalue weighted by Gasteiger charge is 2.37. The number of amides is 1. The van der Waals surface area contributed by atoms with E-state index in [1.165, 1.54) is 18.7 Å². The molecule has 3 heterocycles. The number of carbonyl (C=O) groups excluding carboxylic acids is 1. The van der Waals surface area contributed by atoms with Crippen LogP contribution in [0.3, 0.4) is 0 Å². The van der Waals surface area contributed by atoms with Gasteiger partial charge < -0.3 is 14.3 Å². The zero-order chi connectivity index (χ0) is 18.3. The summed E-state index contributed by atoms with van der Waals surface area (Å²) in [6.45, 7) is -1.20. The van der Waals surface area contributed by atoms with Crippen LogP contribution in [0.2, 0.25) is 0 Å². The van der Waals surface area contributed by atoms with E-state index in [1.54, 1.807) is 12.3 Å². The smallest absolute Gasteiger partial charge is 0.406 e. The number of aromatic amines is 1. The molecular weight excluding hydrogens is 349 g/mol. The number of rotatable bonds is 5. The molecule has 0 aromatic carbocycles. The lowest BCUT2D eigenvalue weighted by Gasteiger charge is -2.22. The Labute approximate surface area is 146 Å². The van der Waals surface area contributed by atoms with Crippen molar-refractivity contribution in [3.63, 3.8) is 0 Å². The molecule has 26 heavy (non-hydrogen) atoms. The van der Waals surface area contributed by atoms with Crippen molar-refractivity contribution in [2.75, 3.05) is 13.1 Å². The van der Waals surface area contributed by atoms with Crippen LogP contribution in [0.5, 0.6) is 0 Å². The van der Waals surface area contributed by atoms with Crippen LogP contribution in [-0.2, 0) is 0 Å². The van der Waals surface area contributed by atoms with Crippen LogP contribution in [0.4, 0.5) is 13.2 Å². The summed E-state index contributed by atoms with van der Waals surface area (Å²) in [5.41, 5.74) is 1.68. The van der Waals surface area contributed by atoms with Gasteiger partial charge in [-0.05, 0) is 30.9 Å². The minimum absolute atomic E-state index is 0.0872. The summed E-state index contributed by atoms with van der Waals surface area (Å²) < 4.78 is 43.7. The molecule has 1 fully saturated rings. The van der Waals surface area contributed by atoms with E-state index >= 15 is 0 Å². The molecule has 1 aliphatic rings. The first-order valence-corrected chi connectivity index (χ1v) is 8.14. The number of hydrogen-bond donors (Lipinski definition) is 1. The van der Waals surface area contributed by atoms with Crippen LogP contribution in [0.25, 0.3) is 22.3 Å². The molecule has 1 saturated carbocycles. The fraction of sp³-hybridized carbons (Fsp3) is 0.353. The van der Waals surface area contributed by atoms with Crippen molar-refractivity contribution in [3.8, 4) is 11.3 Å². The zero-order valence-corrected chi connectivity index (χ0v) is 13.6. The lowest BCUT2D eigenvalue weighted by molar-refractivity contribution is -0.141. The number of H-pyrrole nitrogens is 1. The molecule has 0 saturated heterocycles. The number of halogens is 3. The lowest BCUT2D eigenvalue weighted by Crippen LogP contribution is -2.40. The van der Waals surface area contributed by atoms with E-state index in [4.69, 9.17) is 4.42 Å². The normalized spacial score (nSPS) is 14.7. The van der Waals surface area contributed by atoms with Gasteiger partial charge in [-0.3, -0.25) is 4.79 Å². The van der Waals surface area contributed by atoms with Gasteiger partial charge in [0.1, 0.15) is 24.8 Å². The molecule has 6 nitrogen and oxygen atoms in total. The molecule has 1 aliphatic carbocycles. The number of aromatic nitrogens is 3. The molecule has 3 aromatic rings. The molecule has 4 rings (SSSR count). The van der Waals surface area contributed by atoms with Crippen LogP contribution in [0.1, 0.15) is 23.4 Å². The first-order valence-electron chi connectivity index (χ1n) is 8.14. The van der Waals surface area contributed by atoms with Crippen LogP contribution < -0.4 is 0 Å². The third-order valence-corrected chi connectivity index (χ3v) is 4.27. The first kappa shape index (κ1) is 16.6. The van der Waals surface area contributed by atoms with E-state index in [1.807, 2.05) is 0 Å². The van der Waals surface area contributed by atoms with Crippen molar-refractivity contribution in [2.45, 2.75) is 19.0 Å². The predicted molar refractivity (Wildman–Crippen MR) is 86.3 cm³/mol. The molecule has 9 heteroatoms. The number of nitrogens with one attached hydrogen (secondary N) is 1. The van der Waals surface area contributed by atoms with Crippen LogP contribution in [0, 0.1) is 5.92 Å². The van der Waals surface area contributed by atoms with Crippen LogP contribution >= 0.6 is 0 Å². The Kier molecular flexibility index (Phi) is 3.93. The van der Waals surface area contributed by atoms with Crippen molar-refractivity contribution >= 4 is 16.9 Å². The van der Waals surface area contributed by atoms with E-state index in [0.29, 0.717) is 16.9 Å². The highest BCUT2D eigenvalue weighted by Crippen LogP contribution is 2.32. The Morgan fingerprint density at radius 2 is 2.15 bits per heavy atom. The van der Waals surface area contributed by atoms with E-state index in [2.05, 4.69) is 15.0 Å². The topological polar surface area (TPSA) is 75.0 Å². The molecule has 1 N–H and O–H groups in total. The summed E-state index contributed by atoms with van der Waals surface area (Å²) in [5.74, 6) is -0.760. The number of carbonyl (C=O) groups is 1. The summed E-state index contributed by atoms with van der Waals surface area (Å²) >= 11 is 0. The lowest BCUT2D eigenvalue weighted by atomic mass is 10.1. The number of furan rings is 1. The molecule has 0 unspecified atom stereocenters. The highest BCUT2D eigenvalue weighted by atomic mass is 19.4. The van der Waals surface area contributed by atoms with Crippen molar-refractivity contribution in [3.05, 3.63) is 36.7 Å². The van der Waals surface area contributed by atoms with E-state index in [9.17, 15) is 18.0 Å². The zero-order valence-electron chi connectivity index (χ0n) is 13.6. The molecule has 3 aromatic heterocycles. The minimum Gasteiger partial charge on any atom is -0.458 e. The average Bonchev–Trinajstić information content (AvgIpc) is 3.09. The maximum Gasteiger partial charge on any atom is 0.406 e. The number of alkyl halides is 3. The largest absolute Gasteiger partial charge is 0.458 e. The maximum absolute atomic E-state index is 12.8. The van der Waals surface area contributed by atoms with Gasteiger partial charge in [0.25, 0.3) is 5.91 Å². The van der Waals surface area contributed by atoms with E-state index < -0.39 is 18.6 Å². The third-order valence-electron chi connectivity index (χ3n) is 4.27. The van der Waals surface area contributed by atoms with Gasteiger partial charge in [0.2, 0.25) is 0 Å². The van der Waals surface area contributed by atoms with Gasteiger partial charge in [0, 0.05) is 23.7 Å². The minimum atomic E-state index is -4.45. The number of hydrogen-bond acceptors (Lipinski definition) is 4. The predicted octanol–water partition coefficient (Wildman–Crippen LogP) is 3.63. The summed E-state index contributed by atoms with van der Waals surface area (Å²) in [6.07, 6.45) is 1.63. The van der Waals surface area contributed by atoms with Crippen LogP contribution in [0.15, 0.2) is 35.3 Å². The Morgan fingerprint density at radius 3 is 2.88 bits per heavy atom. The highest BCUT2D eigenvalue weighted by molar-refractivity contribution is 5.95. The molecule has 1 amide bonds. The van der Waals surface area contributed by atoms with Gasteiger partial charge in [-0.15, -0.1) is 0 Å². The van der Waals surface area contributed by atoms with Crippen molar-refractivity contribution in [2.24, 2.45) is 5.92 Å². The fourth-order valence-electron chi connectivity index (χ4n) is 2.88. The Bertz CT molecular complexity index is 943. The molecule has 0 aliphatic heterocycles. The monoisotopic (exact) mass is 364 g/mol. The Morgan fingerprint density at radius 1 is 1.35 bits per heavy atom. The van der Waals surface area contributed by atoms with Gasteiger partial charge in [0.05, 0.1) is 5.69 Å². The third kappa shape index (κ3) is 3.42. The summed E-state index contributed by atoms with van der Waals surface area (Å²) in [5, 5.41) is 0.734. The van der Waals surface area contributed by atoms with Gasteiger partial charge in [-0.25, -0.2) is 9.97 Å². The van der Waals surface area contributed by atoms with Gasteiger partial charge in [-0.2, -0.15) is 13.2 Å². The quantitative estimate of drug-likeness (QED) is 0.750. The average molecular weight is 364 g/mol. The fourth-order valence-corrected chi connectivity index (χ4v) is 2.88. The van der Waals surface area contributed by atoms with Gasteiger partial charge >= 0.3 is 6.18 Å². The maximum atomic E-state index is 12.8. The molecular formula is C17H15F3N4O2. The Hall–Kier alpha value is -2.84. The second-order valence-corrected chi connectivity index (χ2v) is 6.41. The van der Waals surface area contributed by atoms with Gasteiger partial charge in [0.15, 0.2) is 5.76 Å². The van der Waals surface area contributed by atoms with E-state index in [-0.39, 0.29) is 18.2 Å². The molecule has 136 valence electrons. The first-order chi connectivity index (χ1) is 12.4. The van der Waals surface area contributed by atoms with Gasteiger partial charge in [-0.1, -0.05) is 0 Å².